The standard InChI is InChI=1S/C34H38Cl2N6O3S/c1-24-7-9-25(10-8-24)34(43)37-31-21-26(11-12-30(31)36)33-29-23-41(46(2,44)45)16-13-32(29)42(38-33)15-4-14-39-17-19-40(20-18-39)28-6-3-5-27(35)22-28/h3,5-12,21-22H,4,13-20,23H2,1-2H3,(H,37,43). The molecular weight excluding hydrogens is 643 g/mol. The molecule has 1 N–H and O–H groups in total. The first-order chi connectivity index (χ1) is 22.0. The fourth-order valence-corrected chi connectivity index (χ4v) is 7.32. The maximum Gasteiger partial charge on any atom is 0.255 e. The Morgan fingerprint density at radius 1 is 0.935 bits per heavy atom. The van der Waals surface area contributed by atoms with Gasteiger partial charge in [-0.25, -0.2) is 8.42 Å². The Morgan fingerprint density at radius 2 is 1.70 bits per heavy atom. The SMILES string of the molecule is Cc1ccc(C(=O)Nc2cc(-c3nn(CCCN4CCN(c5cccc(Cl)c5)CC4)c4c3CN(S(C)(=O)=O)CC4)ccc2Cl)cc1. The van der Waals surface area contributed by atoms with Crippen LogP contribution in [0.25, 0.3) is 11.3 Å². The number of fused-ring (bicyclic) bond motifs is 1. The minimum atomic E-state index is -3.38. The number of hydrogen-bond donors (Lipinski definition) is 1. The molecule has 1 amide bonds. The van der Waals surface area contributed by atoms with Crippen molar-refractivity contribution < 1.29 is 13.2 Å². The van der Waals surface area contributed by atoms with Crippen LogP contribution in [-0.2, 0) is 29.5 Å². The first-order valence-electron chi connectivity index (χ1n) is 15.5. The van der Waals surface area contributed by atoms with Crippen molar-refractivity contribution in [1.29, 1.82) is 0 Å². The molecule has 0 spiro atoms. The van der Waals surface area contributed by atoms with Crippen LogP contribution in [0.5, 0.6) is 0 Å². The second kappa shape index (κ2) is 13.8. The van der Waals surface area contributed by atoms with E-state index >= 15 is 0 Å². The molecule has 242 valence electrons. The quantitative estimate of drug-likeness (QED) is 0.235. The van der Waals surface area contributed by atoms with E-state index in [1.165, 1.54) is 10.6 Å². The Kier molecular flexibility index (Phi) is 9.72. The first kappa shape index (κ1) is 32.5. The van der Waals surface area contributed by atoms with Crippen molar-refractivity contribution in [2.45, 2.75) is 32.9 Å². The van der Waals surface area contributed by atoms with Crippen molar-refractivity contribution in [3.05, 3.63) is 99.2 Å². The molecule has 6 rings (SSSR count). The number of halogens is 2. The number of carbonyl (C=O) groups excluding carboxylic acids is 1. The monoisotopic (exact) mass is 680 g/mol. The molecule has 0 aliphatic carbocycles. The van der Waals surface area contributed by atoms with E-state index < -0.39 is 10.0 Å². The number of nitrogens with zero attached hydrogens (tertiary/aromatic N) is 5. The van der Waals surface area contributed by atoms with E-state index in [0.29, 0.717) is 34.9 Å². The van der Waals surface area contributed by atoms with Gasteiger partial charge in [0.2, 0.25) is 10.0 Å². The molecule has 0 unspecified atom stereocenters. The van der Waals surface area contributed by atoms with Gasteiger partial charge in [0.15, 0.2) is 0 Å². The number of anilines is 2. The van der Waals surface area contributed by atoms with E-state index in [4.69, 9.17) is 28.3 Å². The molecular formula is C34H38Cl2N6O3S. The molecule has 1 saturated heterocycles. The van der Waals surface area contributed by atoms with Crippen molar-refractivity contribution in [2.75, 3.05) is 55.7 Å². The van der Waals surface area contributed by atoms with Gasteiger partial charge in [0.1, 0.15) is 0 Å². The summed E-state index contributed by atoms with van der Waals surface area (Å²) in [6, 6.07) is 20.8. The van der Waals surface area contributed by atoms with E-state index in [9.17, 15) is 13.2 Å². The van der Waals surface area contributed by atoms with Crippen LogP contribution in [0.15, 0.2) is 66.7 Å². The fourth-order valence-electron chi connectivity index (χ4n) is 6.18. The van der Waals surface area contributed by atoms with Gasteiger partial charge in [-0.1, -0.05) is 53.0 Å². The van der Waals surface area contributed by atoms with Gasteiger partial charge in [-0.3, -0.25) is 14.4 Å². The summed E-state index contributed by atoms with van der Waals surface area (Å²) in [4.78, 5) is 17.8. The Hall–Kier alpha value is -3.41. The summed E-state index contributed by atoms with van der Waals surface area (Å²) in [6.45, 7) is 8.14. The number of amides is 1. The summed E-state index contributed by atoms with van der Waals surface area (Å²) in [6.07, 6.45) is 2.74. The number of nitrogens with one attached hydrogen (secondary N) is 1. The number of piperazine rings is 1. The number of aromatic nitrogens is 2. The predicted octanol–water partition coefficient (Wildman–Crippen LogP) is 5.95. The molecule has 4 aromatic rings. The maximum absolute atomic E-state index is 13.0. The van der Waals surface area contributed by atoms with Crippen molar-refractivity contribution in [3.63, 3.8) is 0 Å². The molecule has 9 nitrogen and oxygen atoms in total. The van der Waals surface area contributed by atoms with Crippen molar-refractivity contribution in [3.8, 4) is 11.3 Å². The normalized spacial score (nSPS) is 16.0. The zero-order valence-corrected chi connectivity index (χ0v) is 28.4. The second-order valence-electron chi connectivity index (χ2n) is 12.0. The van der Waals surface area contributed by atoms with E-state index in [2.05, 4.69) is 21.2 Å². The van der Waals surface area contributed by atoms with Gasteiger partial charge in [0, 0.05) is 91.9 Å². The molecule has 12 heteroatoms. The summed E-state index contributed by atoms with van der Waals surface area (Å²) in [7, 11) is -3.38. The minimum absolute atomic E-state index is 0.253. The summed E-state index contributed by atoms with van der Waals surface area (Å²) in [5.41, 5.74) is 6.66. The van der Waals surface area contributed by atoms with E-state index in [1.54, 1.807) is 18.2 Å². The van der Waals surface area contributed by atoms with Crippen LogP contribution in [0.2, 0.25) is 10.0 Å². The number of hydrogen-bond acceptors (Lipinski definition) is 6. The third kappa shape index (κ3) is 7.42. The lowest BCUT2D eigenvalue weighted by Gasteiger charge is -2.36. The second-order valence-corrected chi connectivity index (χ2v) is 14.8. The number of benzene rings is 3. The largest absolute Gasteiger partial charge is 0.369 e. The Balaban J connectivity index is 1.18. The lowest BCUT2D eigenvalue weighted by Crippen LogP contribution is -2.46. The first-order valence-corrected chi connectivity index (χ1v) is 18.1. The third-order valence-electron chi connectivity index (χ3n) is 8.76. The molecule has 0 bridgehead atoms. The lowest BCUT2D eigenvalue weighted by atomic mass is 10.0. The highest BCUT2D eigenvalue weighted by atomic mass is 35.5. The molecule has 0 atom stereocenters. The summed E-state index contributed by atoms with van der Waals surface area (Å²) >= 11 is 12.7. The van der Waals surface area contributed by atoms with Crippen molar-refractivity contribution in [2.24, 2.45) is 0 Å². The third-order valence-corrected chi connectivity index (χ3v) is 10.6. The van der Waals surface area contributed by atoms with Crippen LogP contribution in [0.1, 0.15) is 33.6 Å². The minimum Gasteiger partial charge on any atom is -0.369 e. The van der Waals surface area contributed by atoms with Gasteiger partial charge in [0.05, 0.1) is 22.7 Å². The molecule has 2 aliphatic heterocycles. The van der Waals surface area contributed by atoms with Crippen molar-refractivity contribution in [1.82, 2.24) is 19.0 Å². The predicted molar refractivity (Wildman–Crippen MR) is 185 cm³/mol. The molecule has 0 saturated carbocycles. The fraction of sp³-hybridized carbons (Fsp3) is 0.353. The van der Waals surface area contributed by atoms with Gasteiger partial charge in [-0.2, -0.15) is 9.40 Å². The van der Waals surface area contributed by atoms with Crippen LogP contribution in [0.4, 0.5) is 11.4 Å². The van der Waals surface area contributed by atoms with Gasteiger partial charge in [0.25, 0.3) is 5.91 Å². The Morgan fingerprint density at radius 3 is 2.41 bits per heavy atom. The summed E-state index contributed by atoms with van der Waals surface area (Å²) in [5, 5.41) is 9.14. The molecule has 3 aromatic carbocycles. The van der Waals surface area contributed by atoms with Crippen LogP contribution in [0, 0.1) is 6.92 Å². The highest BCUT2D eigenvalue weighted by Gasteiger charge is 2.30. The smallest absolute Gasteiger partial charge is 0.255 e. The maximum atomic E-state index is 13.0. The number of rotatable bonds is 9. The number of sulfonamides is 1. The molecule has 1 fully saturated rings. The summed E-state index contributed by atoms with van der Waals surface area (Å²) < 4.78 is 28.6. The molecule has 0 radical (unpaired) electrons. The van der Waals surface area contributed by atoms with Crippen LogP contribution in [-0.4, -0.2) is 78.8 Å². The topological polar surface area (TPSA) is 90.8 Å². The van der Waals surface area contributed by atoms with Gasteiger partial charge >= 0.3 is 0 Å². The Labute approximate surface area is 280 Å². The zero-order valence-electron chi connectivity index (χ0n) is 26.0. The number of carbonyl (C=O) groups is 1. The highest BCUT2D eigenvalue weighted by Crippen LogP contribution is 2.35. The zero-order chi connectivity index (χ0) is 32.4. The average molecular weight is 682 g/mol. The van der Waals surface area contributed by atoms with E-state index in [-0.39, 0.29) is 12.5 Å². The molecule has 46 heavy (non-hydrogen) atoms. The van der Waals surface area contributed by atoms with Crippen LogP contribution in [0.3, 0.4) is 0 Å². The van der Waals surface area contributed by atoms with E-state index in [1.807, 2.05) is 54.1 Å². The summed E-state index contributed by atoms with van der Waals surface area (Å²) in [5.74, 6) is -0.261. The molecule has 2 aliphatic rings. The van der Waals surface area contributed by atoms with Gasteiger partial charge in [-0.05, 0) is 55.8 Å². The van der Waals surface area contributed by atoms with Crippen LogP contribution < -0.4 is 10.2 Å². The lowest BCUT2D eigenvalue weighted by molar-refractivity contribution is 0.102. The molecule has 3 heterocycles. The van der Waals surface area contributed by atoms with Gasteiger partial charge in [-0.15, -0.1) is 0 Å². The Bertz CT molecular complexity index is 1840. The van der Waals surface area contributed by atoms with E-state index in [0.717, 1.165) is 78.8 Å². The highest BCUT2D eigenvalue weighted by molar-refractivity contribution is 7.88. The van der Waals surface area contributed by atoms with Crippen molar-refractivity contribution >= 4 is 50.5 Å². The van der Waals surface area contributed by atoms with Crippen LogP contribution >= 0.6 is 23.2 Å². The molecule has 1 aromatic heterocycles. The average Bonchev–Trinajstić information content (AvgIpc) is 3.40. The number of aryl methyl sites for hydroxylation is 2. The van der Waals surface area contributed by atoms with Gasteiger partial charge < -0.3 is 10.2 Å².